The molecule has 1 N–H and O–H groups in total. The molecule has 0 unspecified atom stereocenters. The molecule has 1 atom stereocenters. The van der Waals surface area contributed by atoms with Gasteiger partial charge in [-0.1, -0.05) is 0 Å². The van der Waals surface area contributed by atoms with Crippen molar-refractivity contribution >= 4 is 15.9 Å². The highest BCUT2D eigenvalue weighted by atomic mass is 32.2. The van der Waals surface area contributed by atoms with Crippen LogP contribution >= 0.6 is 0 Å². The zero-order chi connectivity index (χ0) is 11.3. The summed E-state index contributed by atoms with van der Waals surface area (Å²) in [4.78, 5) is 11.1. The van der Waals surface area contributed by atoms with Crippen molar-refractivity contribution in [1.29, 1.82) is 0 Å². The summed E-state index contributed by atoms with van der Waals surface area (Å²) < 4.78 is 31.6. The van der Waals surface area contributed by atoms with Gasteiger partial charge in [0.15, 0.2) is 9.84 Å². The number of amides is 1. The van der Waals surface area contributed by atoms with Gasteiger partial charge in [0.2, 0.25) is 0 Å². The first-order valence-corrected chi connectivity index (χ1v) is 6.48. The number of nitrogens with one attached hydrogen (secondary N) is 1. The molecule has 1 saturated heterocycles. The predicted octanol–water partition coefficient (Wildman–Crippen LogP) is -0.454. The van der Waals surface area contributed by atoms with Gasteiger partial charge in [-0.05, 0) is 6.42 Å². The molecule has 0 aliphatic carbocycles. The van der Waals surface area contributed by atoms with E-state index in [-0.39, 0.29) is 24.2 Å². The fourth-order valence-electron chi connectivity index (χ4n) is 1.33. The first-order chi connectivity index (χ1) is 7.03. The highest BCUT2D eigenvalue weighted by Crippen LogP contribution is 2.11. The van der Waals surface area contributed by atoms with Crippen LogP contribution in [0.1, 0.15) is 6.42 Å². The van der Waals surface area contributed by atoms with Crippen LogP contribution in [0.25, 0.3) is 0 Å². The number of ether oxygens (including phenoxy) is 2. The van der Waals surface area contributed by atoms with Crippen molar-refractivity contribution in [3.05, 3.63) is 0 Å². The predicted molar refractivity (Wildman–Crippen MR) is 53.4 cm³/mol. The van der Waals surface area contributed by atoms with E-state index in [2.05, 4.69) is 5.32 Å². The fraction of sp³-hybridized carbons (Fsp3) is 0.875. The van der Waals surface area contributed by atoms with Gasteiger partial charge in [0, 0.05) is 13.2 Å². The zero-order valence-electron chi connectivity index (χ0n) is 8.56. The van der Waals surface area contributed by atoms with Gasteiger partial charge in [0.25, 0.3) is 0 Å². The molecular formula is C8H15NO5S. The summed E-state index contributed by atoms with van der Waals surface area (Å²) in [6.45, 7) is 0.498. The Bertz CT molecular complexity index is 313. The maximum Gasteiger partial charge on any atom is 0.407 e. The van der Waals surface area contributed by atoms with Crippen molar-refractivity contribution in [1.82, 2.24) is 5.32 Å². The van der Waals surface area contributed by atoms with Crippen LogP contribution in [0.4, 0.5) is 4.79 Å². The normalized spacial score (nSPS) is 23.7. The molecule has 15 heavy (non-hydrogen) atoms. The SMILES string of the molecule is COCCOC(=O)N[C@H]1CCS(=O)(=O)C1. The van der Waals surface area contributed by atoms with Crippen LogP contribution in [-0.2, 0) is 19.3 Å². The maximum absolute atomic E-state index is 11.1. The zero-order valence-corrected chi connectivity index (χ0v) is 9.38. The highest BCUT2D eigenvalue weighted by Gasteiger charge is 2.29. The van der Waals surface area contributed by atoms with Gasteiger partial charge in [-0.2, -0.15) is 0 Å². The molecule has 88 valence electrons. The lowest BCUT2D eigenvalue weighted by Crippen LogP contribution is -2.36. The summed E-state index contributed by atoms with van der Waals surface area (Å²) in [5.74, 6) is 0.141. The van der Waals surface area contributed by atoms with Gasteiger partial charge >= 0.3 is 6.09 Å². The minimum atomic E-state index is -2.96. The molecule has 0 aromatic rings. The summed E-state index contributed by atoms with van der Waals surface area (Å²) in [7, 11) is -1.46. The first-order valence-electron chi connectivity index (χ1n) is 4.66. The lowest BCUT2D eigenvalue weighted by atomic mass is 10.3. The Kier molecular flexibility index (Phi) is 4.34. The van der Waals surface area contributed by atoms with Gasteiger partial charge in [-0.15, -0.1) is 0 Å². The second-order valence-electron chi connectivity index (χ2n) is 3.37. The van der Waals surface area contributed by atoms with Crippen LogP contribution in [0.5, 0.6) is 0 Å². The summed E-state index contributed by atoms with van der Waals surface area (Å²) in [5.41, 5.74) is 0. The molecule has 1 rings (SSSR count). The van der Waals surface area contributed by atoms with E-state index in [4.69, 9.17) is 9.47 Å². The van der Waals surface area contributed by atoms with Gasteiger partial charge in [-0.3, -0.25) is 0 Å². The number of sulfone groups is 1. The summed E-state index contributed by atoms with van der Waals surface area (Å²) >= 11 is 0. The molecule has 0 bridgehead atoms. The molecule has 1 heterocycles. The number of carbonyl (C=O) groups excluding carboxylic acids is 1. The van der Waals surface area contributed by atoms with E-state index < -0.39 is 15.9 Å². The van der Waals surface area contributed by atoms with Gasteiger partial charge in [0.05, 0.1) is 18.1 Å². The summed E-state index contributed by atoms with van der Waals surface area (Å²) in [5, 5.41) is 2.50. The average molecular weight is 237 g/mol. The molecule has 1 aliphatic heterocycles. The minimum absolute atomic E-state index is 0.00633. The largest absolute Gasteiger partial charge is 0.447 e. The molecule has 1 fully saturated rings. The van der Waals surface area contributed by atoms with E-state index in [0.29, 0.717) is 13.0 Å². The van der Waals surface area contributed by atoms with Crippen LogP contribution in [0.15, 0.2) is 0 Å². The van der Waals surface area contributed by atoms with E-state index in [1.165, 1.54) is 7.11 Å². The summed E-state index contributed by atoms with van der Waals surface area (Å²) in [6.07, 6.45) is -0.129. The molecule has 0 radical (unpaired) electrons. The third-order valence-corrected chi connectivity index (χ3v) is 3.84. The van der Waals surface area contributed by atoms with Crippen LogP contribution in [-0.4, -0.2) is 52.4 Å². The van der Waals surface area contributed by atoms with Crippen molar-refractivity contribution < 1.29 is 22.7 Å². The Morgan fingerprint density at radius 1 is 1.47 bits per heavy atom. The van der Waals surface area contributed by atoms with Crippen molar-refractivity contribution in [2.24, 2.45) is 0 Å². The van der Waals surface area contributed by atoms with Crippen LogP contribution in [0.2, 0.25) is 0 Å². The standard InChI is InChI=1S/C8H15NO5S/c1-13-3-4-14-8(10)9-7-2-5-15(11,12)6-7/h7H,2-6H2,1H3,(H,9,10)/t7-/m0/s1. The van der Waals surface area contributed by atoms with Crippen LogP contribution in [0.3, 0.4) is 0 Å². The molecular weight excluding hydrogens is 222 g/mol. The number of methoxy groups -OCH3 is 1. The first kappa shape index (κ1) is 12.3. The van der Waals surface area contributed by atoms with Crippen LogP contribution in [0, 0.1) is 0 Å². The Hall–Kier alpha value is -0.820. The molecule has 0 aromatic carbocycles. The number of alkyl carbamates (subject to hydrolysis) is 1. The quantitative estimate of drug-likeness (QED) is 0.669. The third kappa shape index (κ3) is 4.48. The number of carbonyl (C=O) groups is 1. The Labute approximate surface area is 88.9 Å². The van der Waals surface area contributed by atoms with E-state index in [1.807, 2.05) is 0 Å². The van der Waals surface area contributed by atoms with Crippen LogP contribution < -0.4 is 5.32 Å². The molecule has 0 spiro atoms. The second-order valence-corrected chi connectivity index (χ2v) is 5.60. The Balaban J connectivity index is 2.22. The van der Waals surface area contributed by atoms with E-state index in [9.17, 15) is 13.2 Å². The maximum atomic E-state index is 11.1. The van der Waals surface area contributed by atoms with Crippen molar-refractivity contribution in [3.8, 4) is 0 Å². The smallest absolute Gasteiger partial charge is 0.407 e. The lowest BCUT2D eigenvalue weighted by molar-refractivity contribution is 0.0970. The topological polar surface area (TPSA) is 81.7 Å². The molecule has 0 saturated carbocycles. The van der Waals surface area contributed by atoms with Gasteiger partial charge in [0.1, 0.15) is 6.61 Å². The number of rotatable bonds is 4. The van der Waals surface area contributed by atoms with E-state index >= 15 is 0 Å². The molecule has 0 aromatic heterocycles. The number of hydrogen-bond donors (Lipinski definition) is 1. The van der Waals surface area contributed by atoms with Crippen molar-refractivity contribution in [2.45, 2.75) is 12.5 Å². The van der Waals surface area contributed by atoms with Gasteiger partial charge in [-0.25, -0.2) is 13.2 Å². The monoisotopic (exact) mass is 237 g/mol. The second kappa shape index (κ2) is 5.32. The highest BCUT2D eigenvalue weighted by molar-refractivity contribution is 7.91. The summed E-state index contributed by atoms with van der Waals surface area (Å²) in [6, 6.07) is -0.315. The minimum Gasteiger partial charge on any atom is -0.447 e. The third-order valence-electron chi connectivity index (χ3n) is 2.08. The molecule has 1 aliphatic rings. The van der Waals surface area contributed by atoms with E-state index in [1.54, 1.807) is 0 Å². The Morgan fingerprint density at radius 2 is 2.20 bits per heavy atom. The van der Waals surface area contributed by atoms with Crippen molar-refractivity contribution in [2.75, 3.05) is 31.8 Å². The lowest BCUT2D eigenvalue weighted by Gasteiger charge is -2.10. The molecule has 6 nitrogen and oxygen atoms in total. The molecule has 7 heteroatoms. The van der Waals surface area contributed by atoms with Gasteiger partial charge < -0.3 is 14.8 Å². The van der Waals surface area contributed by atoms with E-state index in [0.717, 1.165) is 0 Å². The molecule has 1 amide bonds. The number of hydrogen-bond acceptors (Lipinski definition) is 5. The average Bonchev–Trinajstić information content (AvgIpc) is 2.46. The van der Waals surface area contributed by atoms with Crippen molar-refractivity contribution in [3.63, 3.8) is 0 Å². The Morgan fingerprint density at radius 3 is 2.73 bits per heavy atom. The fourth-order valence-corrected chi connectivity index (χ4v) is 3.01.